The van der Waals surface area contributed by atoms with Crippen molar-refractivity contribution in [3.05, 3.63) is 45.5 Å². The Balaban J connectivity index is 0.827. The zero-order chi connectivity index (χ0) is 52.7. The largest absolute Gasteiger partial charge is 0.386 e. The number of nitrogen functional groups attached to an aromatic ring is 2. The number of anilines is 2. The maximum absolute atomic E-state index is 13.9. The van der Waals surface area contributed by atoms with Gasteiger partial charge in [0.1, 0.15) is 42.3 Å². The van der Waals surface area contributed by atoms with Crippen molar-refractivity contribution in [2.45, 2.75) is 74.7 Å². The zero-order valence-electron chi connectivity index (χ0n) is 38.9. The molecule has 0 saturated carbocycles. The molecule has 3 saturated heterocycles. The normalized spacial score (nSPS) is 28.4. The number of ether oxygens (including phenoxy) is 6. The van der Waals surface area contributed by atoms with Gasteiger partial charge in [-0.15, -0.1) is 0 Å². The topological polar surface area (TPSA) is 413 Å². The van der Waals surface area contributed by atoms with Crippen molar-refractivity contribution in [2.24, 2.45) is 0 Å². The van der Waals surface area contributed by atoms with Gasteiger partial charge in [0.15, 0.2) is 34.8 Å². The maximum Gasteiger partial charge on any atom is 0.386 e. The molecule has 35 heteroatoms. The summed E-state index contributed by atoms with van der Waals surface area (Å²) in [5.41, 5.74) is 9.86. The average Bonchev–Trinajstić information content (AvgIpc) is 4.16. The van der Waals surface area contributed by atoms with Crippen molar-refractivity contribution in [3.8, 4) is 0 Å². The minimum atomic E-state index is -4.50. The van der Waals surface area contributed by atoms with Crippen LogP contribution in [0.4, 0.5) is 11.9 Å². The number of hydrogen-bond acceptors (Lipinski definition) is 25. The molecule has 10 atom stereocenters. The summed E-state index contributed by atoms with van der Waals surface area (Å²) in [4.78, 5) is 108. The minimum Gasteiger partial charge on any atom is -0.386 e. The quantitative estimate of drug-likeness (QED) is 0.0187. The molecule has 0 radical (unpaired) electrons. The highest BCUT2D eigenvalue weighted by atomic mass is 32.7. The molecular weight excluding hydrogens is 1070 g/mol. The molecule has 0 aliphatic carbocycles. The lowest BCUT2D eigenvalue weighted by atomic mass is 10.1. The molecule has 74 heavy (non-hydrogen) atoms. The van der Waals surface area contributed by atoms with Crippen LogP contribution in [0.2, 0.25) is 0 Å². The van der Waals surface area contributed by atoms with Crippen LogP contribution in [0.5, 0.6) is 0 Å². The highest BCUT2D eigenvalue weighted by molar-refractivity contribution is 8.44. The van der Waals surface area contributed by atoms with E-state index >= 15 is 0 Å². The Kier molecular flexibility index (Phi) is 18.2. The second-order valence-corrected chi connectivity index (χ2v) is 22.4. The summed E-state index contributed by atoms with van der Waals surface area (Å²) in [5.74, 6) is -2.04. The summed E-state index contributed by atoms with van der Waals surface area (Å²) >= 11 is 9.60. The van der Waals surface area contributed by atoms with Crippen molar-refractivity contribution >= 4 is 95.3 Å². The molecule has 9 N–H and O–H groups in total. The number of ketones is 1. The highest BCUT2D eigenvalue weighted by Gasteiger charge is 2.53. The van der Waals surface area contributed by atoms with E-state index < -0.39 is 105 Å². The molecule has 404 valence electrons. The molecule has 8 rings (SSSR count). The molecule has 4 aromatic rings. The van der Waals surface area contributed by atoms with E-state index in [1.165, 1.54) is 27.6 Å². The number of aromatic amines is 2. The van der Waals surface area contributed by atoms with Gasteiger partial charge in [0.25, 0.3) is 22.9 Å². The Bertz CT molecular complexity index is 2940. The number of hydrogen-bond donors (Lipinski definition) is 8. The number of carbonyl (C=O) groups is 4. The predicted molar refractivity (Wildman–Crippen MR) is 258 cm³/mol. The van der Waals surface area contributed by atoms with Gasteiger partial charge in [-0.25, -0.2) is 14.5 Å². The van der Waals surface area contributed by atoms with E-state index in [9.17, 15) is 43.3 Å². The summed E-state index contributed by atoms with van der Waals surface area (Å²) < 4.78 is 74.2. The fourth-order valence-corrected chi connectivity index (χ4v) is 11.1. The summed E-state index contributed by atoms with van der Waals surface area (Å²) in [6.45, 7) is -8.50. The molecule has 4 aliphatic rings. The molecule has 4 aliphatic heterocycles. The lowest BCUT2D eigenvalue weighted by Gasteiger charge is -2.31. The fraction of sp³-hybridized carbons (Fsp3) is 0.590. The SMILES string of the molecule is Nc1nc2c(ncn2[C@@H]2O[C@@H]3COP(O)(=S)OC4[C@@H](COP(=O)(S)O[C@@H]3C2O)O[C@@H](n2cnc3c(=O)[nH]c(N)nc32)[C@H]4NC(=O)CCOCCOCCOCCOCCCC(=O)CCN2C(=O)C=CC2=O)c(=O)[nH]1. The second kappa shape index (κ2) is 24.4. The van der Waals surface area contributed by atoms with Gasteiger partial charge in [0.2, 0.25) is 17.8 Å². The Labute approximate surface area is 427 Å². The Morgan fingerprint density at radius 3 is 1.91 bits per heavy atom. The van der Waals surface area contributed by atoms with Gasteiger partial charge in [-0.2, -0.15) is 9.97 Å². The lowest BCUT2D eigenvalue weighted by molar-refractivity contribution is -0.137. The number of Topliss-reactive ketones (excluding diaryl/α,β-unsaturated/α-hetero) is 1. The number of aromatic nitrogens is 8. The van der Waals surface area contributed by atoms with Crippen LogP contribution in [0.1, 0.15) is 38.1 Å². The number of carbonyl (C=O) groups excluding carboxylic acids is 4. The standard InChI is InChI=1S/C39H52N12O19P2S2/c40-38-45-32-27(34(57)47-38)42-18-50(32)36-26(44-23(53)6-9-62-11-13-64-15-14-63-12-10-61-8-1-2-20(52)5-7-49-24(54)3-4-25(49)55)30-21(67-36)16-65-72(60,74)70-31-22(17-66-71(59,73)69-30)68-37(29(31)56)51-19-43-28-33(51)46-39(41)48-35(28)58/h3-4,18-19,21-22,26,29-31,36-37,56H,1-2,5-17H2,(H,44,53)(H,59,73)(H,60,74)(H3,40,45,47,57)(H3,41,46,48,58)/t21-,22-,26+,29?,30?,31+,36-,37-,71?,72?/m1/s1. The first-order valence-electron chi connectivity index (χ1n) is 22.8. The number of thiol groups is 1. The molecule has 0 spiro atoms. The van der Waals surface area contributed by atoms with Crippen molar-refractivity contribution in [3.63, 3.8) is 0 Å². The highest BCUT2D eigenvalue weighted by Crippen LogP contribution is 2.58. The van der Waals surface area contributed by atoms with Gasteiger partial charge < -0.3 is 64.3 Å². The molecule has 3 fully saturated rings. The van der Waals surface area contributed by atoms with Crippen molar-refractivity contribution in [1.29, 1.82) is 0 Å². The molecule has 31 nitrogen and oxygen atoms in total. The van der Waals surface area contributed by atoms with Gasteiger partial charge in [0, 0.05) is 44.6 Å². The number of imidazole rings is 2. The molecule has 4 aromatic heterocycles. The van der Waals surface area contributed by atoms with Crippen LogP contribution in [-0.4, -0.2) is 187 Å². The van der Waals surface area contributed by atoms with E-state index in [-0.39, 0.29) is 98.8 Å². The first kappa shape index (κ1) is 55.3. The van der Waals surface area contributed by atoms with E-state index in [2.05, 4.69) is 47.5 Å². The fourth-order valence-electron chi connectivity index (χ4n) is 8.14. The first-order chi connectivity index (χ1) is 35.4. The maximum atomic E-state index is 13.9. The van der Waals surface area contributed by atoms with Crippen LogP contribution in [0.3, 0.4) is 0 Å². The van der Waals surface area contributed by atoms with Crippen molar-refractivity contribution in [2.75, 3.05) is 84.1 Å². The number of rotatable bonds is 22. The third-order valence-corrected chi connectivity index (χ3v) is 14.8. The molecule has 0 aromatic carbocycles. The Hall–Kier alpha value is -4.93. The van der Waals surface area contributed by atoms with Gasteiger partial charge in [0.05, 0.1) is 72.1 Å². The molecular formula is C39H52N12O19P2S2. The summed E-state index contributed by atoms with van der Waals surface area (Å²) in [7, 11) is 0. The van der Waals surface area contributed by atoms with Crippen LogP contribution in [0.25, 0.3) is 22.3 Å². The van der Waals surface area contributed by atoms with Crippen molar-refractivity contribution < 1.29 is 80.3 Å². The summed E-state index contributed by atoms with van der Waals surface area (Å²) in [6.07, 6.45) is -4.77. The Morgan fingerprint density at radius 1 is 0.770 bits per heavy atom. The van der Waals surface area contributed by atoms with Crippen LogP contribution in [0, 0.1) is 0 Å². The van der Waals surface area contributed by atoms with E-state index in [1.807, 2.05) is 0 Å². The van der Waals surface area contributed by atoms with E-state index in [0.717, 1.165) is 11.2 Å². The molecule has 8 heterocycles. The van der Waals surface area contributed by atoms with E-state index in [4.69, 9.17) is 69.8 Å². The van der Waals surface area contributed by atoms with Gasteiger partial charge in [-0.1, -0.05) is 12.2 Å². The summed E-state index contributed by atoms with van der Waals surface area (Å²) in [6, 6.07) is -1.30. The van der Waals surface area contributed by atoms with Crippen LogP contribution in [-0.2, 0) is 82.1 Å². The number of H-pyrrole nitrogens is 2. The third kappa shape index (κ3) is 13.5. The Morgan fingerprint density at radius 2 is 1.30 bits per heavy atom. The van der Waals surface area contributed by atoms with E-state index in [0.29, 0.717) is 26.2 Å². The summed E-state index contributed by atoms with van der Waals surface area (Å²) in [5, 5.41) is 14.3. The van der Waals surface area contributed by atoms with Gasteiger partial charge in [-0.3, -0.25) is 61.8 Å². The van der Waals surface area contributed by atoms with Crippen molar-refractivity contribution in [1.82, 2.24) is 49.3 Å². The number of aliphatic hydroxyl groups is 1. The van der Waals surface area contributed by atoms with Crippen LogP contribution >= 0.6 is 25.8 Å². The lowest BCUT2D eigenvalue weighted by Crippen LogP contribution is -2.48. The third-order valence-electron chi connectivity index (χ3n) is 11.6. The number of nitrogens with zero attached hydrogens (tertiary/aromatic N) is 7. The molecule has 4 unspecified atom stereocenters. The first-order valence-corrected chi connectivity index (χ1v) is 28.1. The monoisotopic (exact) mass is 1120 g/mol. The number of imide groups is 1. The number of nitrogens with one attached hydrogen (secondary N) is 3. The molecule has 0 bridgehead atoms. The van der Waals surface area contributed by atoms with Gasteiger partial charge >= 0.3 is 13.5 Å². The van der Waals surface area contributed by atoms with E-state index in [1.54, 1.807) is 0 Å². The number of amides is 3. The zero-order valence-corrected chi connectivity index (χ0v) is 42.4. The number of fused-ring (bicyclic) bond motifs is 4. The average molecular weight is 1120 g/mol. The van der Waals surface area contributed by atoms with Gasteiger partial charge in [-0.05, 0) is 18.2 Å². The predicted octanol–water partition coefficient (Wildman–Crippen LogP) is -1.75. The smallest absolute Gasteiger partial charge is 0.386 e. The molecule has 3 amide bonds. The van der Waals surface area contributed by atoms with Crippen LogP contribution < -0.4 is 27.9 Å². The second-order valence-electron chi connectivity index (χ2n) is 16.7. The minimum absolute atomic E-state index is 0.0557. The number of aliphatic hydroxyl groups excluding tert-OH is 1. The van der Waals surface area contributed by atoms with Crippen LogP contribution in [0.15, 0.2) is 34.4 Å². The number of nitrogens with two attached hydrogens (primary N) is 2.